The van der Waals surface area contributed by atoms with Crippen molar-refractivity contribution < 1.29 is 6.85 Å². The van der Waals surface area contributed by atoms with Crippen molar-refractivity contribution in [1.82, 2.24) is 0 Å². The van der Waals surface area contributed by atoms with Crippen LogP contribution in [-0.4, -0.2) is 0 Å². The van der Waals surface area contributed by atoms with Crippen molar-refractivity contribution >= 4 is 27.7 Å². The summed E-state index contributed by atoms with van der Waals surface area (Å²) in [5.74, 6) is 0. The van der Waals surface area contributed by atoms with Gasteiger partial charge in [-0.25, -0.2) is 0 Å². The van der Waals surface area contributed by atoms with Crippen LogP contribution < -0.4 is 4.90 Å². The minimum absolute atomic E-state index is 0.0693. The summed E-state index contributed by atoms with van der Waals surface area (Å²) in [5, 5.41) is 1.05. The summed E-state index contributed by atoms with van der Waals surface area (Å²) in [4.78, 5) is 3.36. The van der Waals surface area contributed by atoms with Crippen LogP contribution in [0.2, 0.25) is 0 Å². The summed E-state index contributed by atoms with van der Waals surface area (Å²) >= 11 is 1.72. The molecule has 1 aliphatic carbocycles. The molecule has 0 unspecified atom stereocenters. The molecule has 0 N–H and O–H groups in total. The van der Waals surface area contributed by atoms with Gasteiger partial charge in [-0.15, -0.1) is 11.3 Å². The minimum atomic E-state index is -0.388. The van der Waals surface area contributed by atoms with Gasteiger partial charge in [-0.2, -0.15) is 0 Å². The highest BCUT2D eigenvalue weighted by atomic mass is 32.1. The normalized spacial score (nSPS) is 14.9. The van der Waals surface area contributed by atoms with E-state index in [4.69, 9.17) is 6.85 Å². The molecule has 7 rings (SSSR count). The molecule has 0 saturated heterocycles. The van der Waals surface area contributed by atoms with Crippen molar-refractivity contribution in [3.63, 3.8) is 0 Å². The second-order valence-corrected chi connectivity index (χ2v) is 11.3. The summed E-state index contributed by atoms with van der Waals surface area (Å²) in [6, 6.07) is 36.0. The van der Waals surface area contributed by atoms with Crippen molar-refractivity contribution in [3.8, 4) is 32.7 Å². The lowest BCUT2D eigenvalue weighted by Crippen LogP contribution is -2.14. The molecule has 0 saturated carbocycles. The Balaban J connectivity index is 1.28. The maximum atomic E-state index is 8.39. The Hall–Kier alpha value is -4.40. The van der Waals surface area contributed by atoms with E-state index in [9.17, 15) is 0 Å². The van der Waals surface area contributed by atoms with E-state index in [0.29, 0.717) is 5.56 Å². The molecule has 0 bridgehead atoms. The molecule has 5 aromatic carbocycles. The highest BCUT2D eigenvalue weighted by molar-refractivity contribution is 7.19. The van der Waals surface area contributed by atoms with Gasteiger partial charge in [0.1, 0.15) is 5.00 Å². The molecule has 0 spiro atoms. The van der Waals surface area contributed by atoms with Gasteiger partial charge in [0.05, 0.1) is 6.85 Å². The quantitative estimate of drug-likeness (QED) is 0.217. The van der Waals surface area contributed by atoms with Crippen LogP contribution in [0.5, 0.6) is 0 Å². The van der Waals surface area contributed by atoms with Crippen LogP contribution in [0.3, 0.4) is 0 Å². The fourth-order valence-corrected chi connectivity index (χ4v) is 6.66. The topological polar surface area (TPSA) is 3.24 Å². The molecule has 0 radical (unpaired) electrons. The Morgan fingerprint density at radius 1 is 0.590 bits per heavy atom. The van der Waals surface area contributed by atoms with Gasteiger partial charge in [0.15, 0.2) is 0 Å². The maximum absolute atomic E-state index is 8.39. The molecule has 0 amide bonds. The highest BCUT2D eigenvalue weighted by Crippen LogP contribution is 2.50. The molecule has 0 atom stereocenters. The lowest BCUT2D eigenvalue weighted by atomic mass is 9.82. The van der Waals surface area contributed by atoms with Gasteiger partial charge in [0, 0.05) is 21.7 Å². The number of rotatable bonds is 5. The first-order valence-corrected chi connectivity index (χ1v) is 13.9. The third-order valence-electron chi connectivity index (χ3n) is 7.61. The van der Waals surface area contributed by atoms with Gasteiger partial charge in [-0.05, 0) is 81.4 Å². The van der Waals surface area contributed by atoms with E-state index in [1.54, 1.807) is 11.3 Å². The van der Waals surface area contributed by atoms with Gasteiger partial charge in [-0.3, -0.25) is 0 Å². The van der Waals surface area contributed by atoms with Gasteiger partial charge in [0.25, 0.3) is 0 Å². The first-order valence-electron chi connectivity index (χ1n) is 15.5. The van der Waals surface area contributed by atoms with Crippen molar-refractivity contribution in [2.24, 2.45) is 0 Å². The Labute approximate surface area is 241 Å². The standard InChI is InChI=1S/C37H29NS/c1-37(2)33-16-10-9-15-31(33)32-22-19-28(25-34(32)37)35-23-24-36(39-35)38(29-13-7-4-8-14-29)30-20-17-27(18-21-30)26-11-5-3-6-12-26/h3-25H,1-2H3/i3D,5D,6D,11D,12D. The highest BCUT2D eigenvalue weighted by Gasteiger charge is 2.35. The molecule has 6 aromatic rings. The Morgan fingerprint density at radius 3 is 2.05 bits per heavy atom. The molecule has 39 heavy (non-hydrogen) atoms. The van der Waals surface area contributed by atoms with E-state index in [2.05, 4.69) is 85.5 Å². The number of para-hydroxylation sites is 1. The minimum Gasteiger partial charge on any atom is -0.302 e. The van der Waals surface area contributed by atoms with Crippen LogP contribution in [-0.2, 0) is 5.41 Å². The molecule has 1 heterocycles. The number of nitrogens with zero attached hydrogens (tertiary/aromatic N) is 1. The van der Waals surface area contributed by atoms with Crippen molar-refractivity contribution in [2.75, 3.05) is 4.90 Å². The smallest absolute Gasteiger partial charge is 0.101 e. The SMILES string of the molecule is [2H]c1c([2H])c([2H])c(-c2ccc(N(c3ccccc3)c3ccc(-c4ccc5c(c4)C(C)(C)c4ccccc4-5)s3)cc2)c([2H])c1[2H]. The third-order valence-corrected chi connectivity index (χ3v) is 8.73. The zero-order chi connectivity index (χ0) is 30.7. The number of hydrogen-bond donors (Lipinski definition) is 0. The second kappa shape index (κ2) is 9.41. The Bertz CT molecular complexity index is 2020. The number of benzene rings is 5. The lowest BCUT2D eigenvalue weighted by Gasteiger charge is -2.24. The summed E-state index contributed by atoms with van der Waals surface area (Å²) in [5.41, 5.74) is 9.13. The summed E-state index contributed by atoms with van der Waals surface area (Å²) < 4.78 is 40.9. The first-order chi connectivity index (χ1) is 21.2. The molecule has 188 valence electrons. The predicted octanol–water partition coefficient (Wildman–Crippen LogP) is 10.9. The molecule has 2 heteroatoms. The molecular weight excluding hydrogens is 490 g/mol. The summed E-state index contributed by atoms with van der Waals surface area (Å²) in [7, 11) is 0. The van der Waals surface area contributed by atoms with Crippen molar-refractivity contribution in [3.05, 3.63) is 151 Å². The predicted molar refractivity (Wildman–Crippen MR) is 167 cm³/mol. The van der Waals surface area contributed by atoms with Crippen LogP contribution in [0.4, 0.5) is 16.4 Å². The number of fused-ring (bicyclic) bond motifs is 3. The van der Waals surface area contributed by atoms with E-state index in [0.717, 1.165) is 16.4 Å². The van der Waals surface area contributed by atoms with Crippen LogP contribution in [0.15, 0.2) is 139 Å². The van der Waals surface area contributed by atoms with Gasteiger partial charge in [-0.1, -0.05) is 111 Å². The summed E-state index contributed by atoms with van der Waals surface area (Å²) in [6.07, 6.45) is 0. The zero-order valence-corrected chi connectivity index (χ0v) is 22.6. The van der Waals surface area contributed by atoms with Crippen molar-refractivity contribution in [1.29, 1.82) is 0 Å². The van der Waals surface area contributed by atoms with Gasteiger partial charge >= 0.3 is 0 Å². The van der Waals surface area contributed by atoms with Gasteiger partial charge < -0.3 is 4.90 Å². The van der Waals surface area contributed by atoms with Gasteiger partial charge in [0.2, 0.25) is 0 Å². The summed E-state index contributed by atoms with van der Waals surface area (Å²) in [6.45, 7) is 4.60. The average molecular weight is 525 g/mol. The number of thiophene rings is 1. The van der Waals surface area contributed by atoms with E-state index < -0.39 is 0 Å². The largest absolute Gasteiger partial charge is 0.302 e. The fourth-order valence-electron chi connectivity index (χ4n) is 5.61. The van der Waals surface area contributed by atoms with E-state index in [1.807, 2.05) is 42.5 Å². The maximum Gasteiger partial charge on any atom is 0.101 e. The van der Waals surface area contributed by atoms with Crippen LogP contribution >= 0.6 is 11.3 Å². The second-order valence-electron chi connectivity index (χ2n) is 10.3. The molecule has 0 fully saturated rings. The number of hydrogen-bond acceptors (Lipinski definition) is 2. The molecule has 1 aromatic heterocycles. The van der Waals surface area contributed by atoms with Crippen LogP contribution in [0.1, 0.15) is 31.8 Å². The molecule has 1 nitrogen and oxygen atoms in total. The van der Waals surface area contributed by atoms with Crippen LogP contribution in [0.25, 0.3) is 32.7 Å². The average Bonchev–Trinajstić information content (AvgIpc) is 3.61. The zero-order valence-electron chi connectivity index (χ0n) is 26.7. The molecular formula is C37H29NS. The Kier molecular flexibility index (Phi) is 4.53. The fraction of sp³-hybridized carbons (Fsp3) is 0.0811. The monoisotopic (exact) mass is 524 g/mol. The van der Waals surface area contributed by atoms with E-state index in [1.165, 1.54) is 32.7 Å². The first kappa shape index (κ1) is 18.8. The molecule has 0 aliphatic heterocycles. The molecule has 1 aliphatic rings. The van der Waals surface area contributed by atoms with E-state index >= 15 is 0 Å². The lowest BCUT2D eigenvalue weighted by molar-refractivity contribution is 0.660. The third kappa shape index (κ3) is 4.09. The van der Waals surface area contributed by atoms with E-state index in [-0.39, 0.29) is 41.2 Å². The Morgan fingerprint density at radius 2 is 1.26 bits per heavy atom. The van der Waals surface area contributed by atoms with Crippen molar-refractivity contribution in [2.45, 2.75) is 19.3 Å². The number of anilines is 3. The van der Waals surface area contributed by atoms with Crippen LogP contribution in [0, 0.1) is 0 Å².